The summed E-state index contributed by atoms with van der Waals surface area (Å²) >= 11 is 0. The van der Waals surface area contributed by atoms with Crippen molar-refractivity contribution in [1.29, 1.82) is 0 Å². The van der Waals surface area contributed by atoms with Crippen molar-refractivity contribution in [2.45, 2.75) is 52.3 Å². The largest absolute Gasteiger partial charge is 0.416 e. The fourth-order valence-electron chi connectivity index (χ4n) is 3.02. The van der Waals surface area contributed by atoms with Gasteiger partial charge in [-0.2, -0.15) is 13.2 Å². The van der Waals surface area contributed by atoms with Crippen LogP contribution in [0.5, 0.6) is 0 Å². The third-order valence-corrected chi connectivity index (χ3v) is 4.97. The van der Waals surface area contributed by atoms with E-state index in [2.05, 4.69) is 15.2 Å². The van der Waals surface area contributed by atoms with Gasteiger partial charge in [0.25, 0.3) is 0 Å². The number of hydrogen-bond donors (Lipinski definition) is 2. The number of β-amino-alcohol motifs (C(OH)–C–C–N with tert-alkyl or cyclic N) is 1. The lowest BCUT2D eigenvalue weighted by atomic mass is 9.87. The highest BCUT2D eigenvalue weighted by Gasteiger charge is 2.31. The molecule has 1 aliphatic heterocycles. The second kappa shape index (κ2) is 8.56. The molecule has 152 valence electrons. The average Bonchev–Trinajstić information content (AvgIpc) is 2.55. The highest BCUT2D eigenvalue weighted by molar-refractivity contribution is 5.89. The van der Waals surface area contributed by atoms with Crippen molar-refractivity contribution in [2.75, 3.05) is 25.0 Å². The summed E-state index contributed by atoms with van der Waals surface area (Å²) in [4.78, 5) is 18.1. The van der Waals surface area contributed by atoms with Crippen LogP contribution in [-0.2, 0) is 11.0 Å². The standard InChI is InChI=1S/C19H28F3N3O2/c1-18(2,3)15(26)12-25-8-5-13(6-9-25)10-17(27)24-16-11-14(4-7-23-16)19(20,21)22/h4,7,11,13,15,26H,5-6,8-10,12H2,1-3H3,(H,23,24,27). The second-order valence-corrected chi connectivity index (χ2v) is 8.31. The summed E-state index contributed by atoms with van der Waals surface area (Å²) in [5, 5.41) is 12.7. The van der Waals surface area contributed by atoms with Gasteiger partial charge >= 0.3 is 6.18 Å². The Bertz CT molecular complexity index is 636. The molecular formula is C19H28F3N3O2. The number of carbonyl (C=O) groups excluding carboxylic acids is 1. The van der Waals surface area contributed by atoms with Gasteiger partial charge in [0, 0.05) is 19.2 Å². The first-order valence-electron chi connectivity index (χ1n) is 9.18. The lowest BCUT2D eigenvalue weighted by Crippen LogP contribution is -2.43. The Morgan fingerprint density at radius 3 is 2.52 bits per heavy atom. The van der Waals surface area contributed by atoms with E-state index in [4.69, 9.17) is 0 Å². The molecule has 0 radical (unpaired) electrons. The molecule has 1 aromatic rings. The minimum Gasteiger partial charge on any atom is -0.391 e. The minimum atomic E-state index is -4.47. The number of anilines is 1. The number of halogens is 3. The van der Waals surface area contributed by atoms with Crippen LogP contribution in [0.3, 0.4) is 0 Å². The van der Waals surface area contributed by atoms with Crippen molar-refractivity contribution < 1.29 is 23.1 Å². The summed E-state index contributed by atoms with van der Waals surface area (Å²) in [6, 6.07) is 1.71. The first kappa shape index (κ1) is 21.6. The van der Waals surface area contributed by atoms with Crippen molar-refractivity contribution in [3.8, 4) is 0 Å². The quantitative estimate of drug-likeness (QED) is 0.811. The Balaban J connectivity index is 1.80. The van der Waals surface area contributed by atoms with Gasteiger partial charge in [-0.05, 0) is 49.4 Å². The van der Waals surface area contributed by atoms with Crippen molar-refractivity contribution in [1.82, 2.24) is 9.88 Å². The number of rotatable bonds is 5. The smallest absolute Gasteiger partial charge is 0.391 e. The number of carbonyl (C=O) groups is 1. The van der Waals surface area contributed by atoms with Crippen LogP contribution in [-0.4, -0.2) is 46.6 Å². The number of amides is 1. The molecule has 2 N–H and O–H groups in total. The van der Waals surface area contributed by atoms with Crippen LogP contribution in [0.4, 0.5) is 19.0 Å². The van der Waals surface area contributed by atoms with Gasteiger partial charge in [0.2, 0.25) is 5.91 Å². The molecule has 0 spiro atoms. The molecular weight excluding hydrogens is 359 g/mol. The summed E-state index contributed by atoms with van der Waals surface area (Å²) in [6.45, 7) is 8.19. The third-order valence-electron chi connectivity index (χ3n) is 4.97. The second-order valence-electron chi connectivity index (χ2n) is 8.31. The van der Waals surface area contributed by atoms with E-state index in [1.807, 2.05) is 20.8 Å². The van der Waals surface area contributed by atoms with Gasteiger partial charge in [-0.3, -0.25) is 4.79 Å². The normalized spacial score (nSPS) is 18.3. The topological polar surface area (TPSA) is 65.5 Å². The predicted molar refractivity (Wildman–Crippen MR) is 97.1 cm³/mol. The highest BCUT2D eigenvalue weighted by Crippen LogP contribution is 2.30. The number of aliphatic hydroxyl groups is 1. The van der Waals surface area contributed by atoms with Crippen LogP contribution in [0.1, 0.15) is 45.6 Å². The van der Waals surface area contributed by atoms with Crippen LogP contribution in [0.25, 0.3) is 0 Å². The van der Waals surface area contributed by atoms with Crippen LogP contribution >= 0.6 is 0 Å². The van der Waals surface area contributed by atoms with Crippen molar-refractivity contribution in [3.05, 3.63) is 23.9 Å². The lowest BCUT2D eigenvalue weighted by Gasteiger charge is -2.36. The third kappa shape index (κ3) is 6.77. The molecule has 1 aromatic heterocycles. The number of aliphatic hydroxyl groups excluding tert-OH is 1. The maximum Gasteiger partial charge on any atom is 0.416 e. The van der Waals surface area contributed by atoms with Gasteiger partial charge in [0.05, 0.1) is 11.7 Å². The Morgan fingerprint density at radius 1 is 1.33 bits per heavy atom. The van der Waals surface area contributed by atoms with Gasteiger partial charge in [-0.15, -0.1) is 0 Å². The van der Waals surface area contributed by atoms with Crippen molar-refractivity contribution >= 4 is 11.7 Å². The monoisotopic (exact) mass is 387 g/mol. The van der Waals surface area contributed by atoms with E-state index in [0.29, 0.717) is 6.54 Å². The van der Waals surface area contributed by atoms with Crippen molar-refractivity contribution in [3.63, 3.8) is 0 Å². The summed E-state index contributed by atoms with van der Waals surface area (Å²) in [5.74, 6) is -0.227. The Morgan fingerprint density at radius 2 is 1.96 bits per heavy atom. The van der Waals surface area contributed by atoms with E-state index >= 15 is 0 Å². The average molecular weight is 387 g/mol. The van der Waals surface area contributed by atoms with Crippen LogP contribution in [0, 0.1) is 11.3 Å². The molecule has 0 saturated carbocycles. The number of alkyl halides is 3. The molecule has 27 heavy (non-hydrogen) atoms. The number of nitrogens with one attached hydrogen (secondary N) is 1. The molecule has 1 unspecified atom stereocenters. The summed E-state index contributed by atoms with van der Waals surface area (Å²) in [5.41, 5.74) is -1.01. The summed E-state index contributed by atoms with van der Waals surface area (Å²) < 4.78 is 38.1. The summed E-state index contributed by atoms with van der Waals surface area (Å²) in [6.07, 6.45) is -1.94. The first-order valence-corrected chi connectivity index (χ1v) is 9.18. The Labute approximate surface area is 158 Å². The molecule has 1 fully saturated rings. The molecule has 0 aromatic carbocycles. The number of piperidine rings is 1. The van der Waals surface area contributed by atoms with Gasteiger partial charge < -0.3 is 15.3 Å². The molecule has 2 heterocycles. The molecule has 1 aliphatic rings. The van der Waals surface area contributed by atoms with Crippen molar-refractivity contribution in [2.24, 2.45) is 11.3 Å². The molecule has 0 aliphatic carbocycles. The zero-order chi connectivity index (χ0) is 20.2. The van der Waals surface area contributed by atoms with Crippen LogP contribution in [0.15, 0.2) is 18.3 Å². The molecule has 0 bridgehead atoms. The lowest BCUT2D eigenvalue weighted by molar-refractivity contribution is -0.137. The molecule has 1 atom stereocenters. The first-order chi connectivity index (χ1) is 12.4. The highest BCUT2D eigenvalue weighted by atomic mass is 19.4. The number of pyridine rings is 1. The Kier molecular flexibility index (Phi) is 6.86. The number of aromatic nitrogens is 1. The van der Waals surface area contributed by atoms with Gasteiger partial charge in [0.15, 0.2) is 0 Å². The van der Waals surface area contributed by atoms with E-state index in [9.17, 15) is 23.1 Å². The predicted octanol–water partition coefficient (Wildman–Crippen LogP) is 3.55. The van der Waals surface area contributed by atoms with Gasteiger partial charge in [-0.1, -0.05) is 20.8 Å². The molecule has 5 nitrogen and oxygen atoms in total. The summed E-state index contributed by atoms with van der Waals surface area (Å²) in [7, 11) is 0. The Hall–Kier alpha value is -1.67. The van der Waals surface area contributed by atoms with Gasteiger partial charge in [0.1, 0.15) is 5.82 Å². The van der Waals surface area contributed by atoms with Crippen LogP contribution < -0.4 is 5.32 Å². The van der Waals surface area contributed by atoms with E-state index in [0.717, 1.165) is 44.3 Å². The van der Waals surface area contributed by atoms with Gasteiger partial charge in [-0.25, -0.2) is 4.98 Å². The van der Waals surface area contributed by atoms with E-state index < -0.39 is 17.8 Å². The van der Waals surface area contributed by atoms with E-state index in [-0.39, 0.29) is 29.5 Å². The fraction of sp³-hybridized carbons (Fsp3) is 0.684. The minimum absolute atomic E-state index is 0.0828. The van der Waals surface area contributed by atoms with Crippen LogP contribution in [0.2, 0.25) is 0 Å². The number of nitrogens with zero attached hydrogens (tertiary/aromatic N) is 2. The zero-order valence-electron chi connectivity index (χ0n) is 16.0. The molecule has 1 saturated heterocycles. The maximum atomic E-state index is 12.7. The molecule has 2 rings (SSSR count). The maximum absolute atomic E-state index is 12.7. The molecule has 1 amide bonds. The molecule has 8 heteroatoms. The number of hydrogen-bond acceptors (Lipinski definition) is 4. The number of likely N-dealkylation sites (tertiary alicyclic amines) is 1. The van der Waals surface area contributed by atoms with E-state index in [1.54, 1.807) is 0 Å². The zero-order valence-corrected chi connectivity index (χ0v) is 16.0. The fourth-order valence-corrected chi connectivity index (χ4v) is 3.02. The van der Waals surface area contributed by atoms with E-state index in [1.165, 1.54) is 0 Å². The SMILES string of the molecule is CC(C)(C)C(O)CN1CCC(CC(=O)Nc2cc(C(F)(F)F)ccn2)CC1.